The first kappa shape index (κ1) is 10.7. The molecule has 0 aromatic carbocycles. The lowest BCUT2D eigenvalue weighted by atomic mass is 9.85. The molecule has 2 saturated carbocycles. The van der Waals surface area contributed by atoms with Crippen molar-refractivity contribution in [3.05, 3.63) is 0 Å². The van der Waals surface area contributed by atoms with Crippen LogP contribution in [0.15, 0.2) is 0 Å². The van der Waals surface area contributed by atoms with Gasteiger partial charge in [0.05, 0.1) is 5.60 Å². The number of hydrogen-bond acceptors (Lipinski definition) is 4. The molecule has 4 fully saturated rings. The van der Waals surface area contributed by atoms with Crippen molar-refractivity contribution in [3.8, 4) is 0 Å². The quantitative estimate of drug-likeness (QED) is 0.748. The minimum absolute atomic E-state index is 0.0796. The first-order chi connectivity index (χ1) is 7.96. The SMILES string of the molecule is CC1(C)O[C@H]2[C@H](C3(C4(O)CC4)CC3)NC[C@H]2O1. The van der Waals surface area contributed by atoms with Gasteiger partial charge in [0.1, 0.15) is 12.2 Å². The van der Waals surface area contributed by atoms with Crippen molar-refractivity contribution in [2.75, 3.05) is 6.54 Å². The maximum absolute atomic E-state index is 10.5. The van der Waals surface area contributed by atoms with Gasteiger partial charge >= 0.3 is 0 Å². The van der Waals surface area contributed by atoms with Crippen LogP contribution in [0.4, 0.5) is 0 Å². The van der Waals surface area contributed by atoms with Crippen molar-refractivity contribution in [1.29, 1.82) is 0 Å². The Morgan fingerprint density at radius 2 is 1.82 bits per heavy atom. The van der Waals surface area contributed by atoms with Crippen molar-refractivity contribution < 1.29 is 14.6 Å². The molecule has 0 aromatic heterocycles. The van der Waals surface area contributed by atoms with Crippen LogP contribution in [-0.2, 0) is 9.47 Å². The molecule has 4 rings (SSSR count). The van der Waals surface area contributed by atoms with Gasteiger partial charge in [0.2, 0.25) is 0 Å². The van der Waals surface area contributed by atoms with Gasteiger partial charge in [-0.1, -0.05) is 0 Å². The van der Waals surface area contributed by atoms with Gasteiger partial charge in [-0.25, -0.2) is 0 Å². The van der Waals surface area contributed by atoms with E-state index in [1.165, 1.54) is 0 Å². The topological polar surface area (TPSA) is 50.7 Å². The molecular formula is C13H21NO3. The van der Waals surface area contributed by atoms with Crippen LogP contribution in [0.2, 0.25) is 0 Å². The molecule has 2 N–H and O–H groups in total. The summed E-state index contributed by atoms with van der Waals surface area (Å²) in [6.07, 6.45) is 4.48. The highest BCUT2D eigenvalue weighted by Crippen LogP contribution is 2.67. The first-order valence-corrected chi connectivity index (χ1v) is 6.77. The van der Waals surface area contributed by atoms with Crippen molar-refractivity contribution in [3.63, 3.8) is 0 Å². The van der Waals surface area contributed by atoms with Gasteiger partial charge in [0.25, 0.3) is 0 Å². The Kier molecular flexibility index (Phi) is 1.81. The molecule has 4 aliphatic rings. The van der Waals surface area contributed by atoms with Gasteiger partial charge in [-0.3, -0.25) is 0 Å². The number of hydrogen-bond donors (Lipinski definition) is 2. The molecule has 17 heavy (non-hydrogen) atoms. The summed E-state index contributed by atoms with van der Waals surface area (Å²) in [6, 6.07) is 0.279. The number of aliphatic hydroxyl groups is 1. The van der Waals surface area contributed by atoms with Gasteiger partial charge in [0.15, 0.2) is 5.79 Å². The Hall–Kier alpha value is -0.160. The molecule has 2 aliphatic heterocycles. The Morgan fingerprint density at radius 1 is 1.12 bits per heavy atom. The molecule has 2 saturated heterocycles. The van der Waals surface area contributed by atoms with Crippen molar-refractivity contribution in [2.24, 2.45) is 5.41 Å². The van der Waals surface area contributed by atoms with E-state index in [1.54, 1.807) is 0 Å². The van der Waals surface area contributed by atoms with E-state index >= 15 is 0 Å². The summed E-state index contributed by atoms with van der Waals surface area (Å²) < 4.78 is 11.9. The molecule has 2 heterocycles. The second-order valence-electron chi connectivity index (χ2n) is 6.71. The Bertz CT molecular complexity index is 360. The Balaban J connectivity index is 1.60. The molecule has 0 unspecified atom stereocenters. The van der Waals surface area contributed by atoms with Gasteiger partial charge in [0, 0.05) is 18.0 Å². The molecule has 96 valence electrons. The maximum atomic E-state index is 10.5. The van der Waals surface area contributed by atoms with E-state index < -0.39 is 11.4 Å². The summed E-state index contributed by atoms with van der Waals surface area (Å²) in [7, 11) is 0. The van der Waals surface area contributed by atoms with Crippen molar-refractivity contribution >= 4 is 0 Å². The van der Waals surface area contributed by atoms with Crippen LogP contribution in [0.3, 0.4) is 0 Å². The highest BCUT2D eigenvalue weighted by Gasteiger charge is 2.71. The minimum atomic E-state index is -0.460. The number of rotatable bonds is 2. The number of ether oxygens (including phenoxy) is 2. The van der Waals surface area contributed by atoms with E-state index in [0.29, 0.717) is 0 Å². The molecule has 2 aliphatic carbocycles. The predicted octanol–water partition coefficient (Wildman–Crippen LogP) is 0.783. The fraction of sp³-hybridized carbons (Fsp3) is 1.00. The Morgan fingerprint density at radius 3 is 2.41 bits per heavy atom. The Labute approximate surface area is 102 Å². The predicted molar refractivity (Wildman–Crippen MR) is 61.5 cm³/mol. The molecule has 4 nitrogen and oxygen atoms in total. The van der Waals surface area contributed by atoms with Crippen LogP contribution in [0, 0.1) is 5.41 Å². The zero-order chi connectivity index (χ0) is 11.9. The summed E-state index contributed by atoms with van der Waals surface area (Å²) in [5, 5.41) is 14.0. The van der Waals surface area contributed by atoms with Crippen LogP contribution in [0.5, 0.6) is 0 Å². The monoisotopic (exact) mass is 239 g/mol. The molecule has 0 spiro atoms. The highest BCUT2D eigenvalue weighted by molar-refractivity contribution is 5.24. The van der Waals surface area contributed by atoms with E-state index in [1.807, 2.05) is 13.8 Å². The molecule has 0 aromatic rings. The van der Waals surface area contributed by atoms with Gasteiger partial charge in [-0.2, -0.15) is 0 Å². The summed E-state index contributed by atoms with van der Waals surface area (Å²) >= 11 is 0. The van der Waals surface area contributed by atoms with Crippen LogP contribution in [0.25, 0.3) is 0 Å². The fourth-order valence-corrected chi connectivity index (χ4v) is 3.99. The molecule has 0 bridgehead atoms. The largest absolute Gasteiger partial charge is 0.389 e. The second kappa shape index (κ2) is 2.87. The lowest BCUT2D eigenvalue weighted by Gasteiger charge is -2.32. The lowest BCUT2D eigenvalue weighted by molar-refractivity contribution is -0.157. The highest BCUT2D eigenvalue weighted by atomic mass is 16.8. The van der Waals surface area contributed by atoms with Crippen molar-refractivity contribution in [2.45, 2.75) is 69.2 Å². The average molecular weight is 239 g/mol. The number of nitrogens with one attached hydrogen (secondary N) is 1. The normalized spacial score (nSPS) is 47.8. The van der Waals surface area contributed by atoms with Gasteiger partial charge < -0.3 is 19.9 Å². The molecule has 4 heteroatoms. The van der Waals surface area contributed by atoms with E-state index in [2.05, 4.69) is 5.32 Å². The van der Waals surface area contributed by atoms with E-state index in [-0.39, 0.29) is 23.7 Å². The summed E-state index contributed by atoms with van der Waals surface area (Å²) in [5.74, 6) is -0.460. The lowest BCUT2D eigenvalue weighted by Crippen LogP contribution is -2.48. The summed E-state index contributed by atoms with van der Waals surface area (Å²) in [4.78, 5) is 0. The zero-order valence-corrected chi connectivity index (χ0v) is 10.5. The van der Waals surface area contributed by atoms with Crippen LogP contribution in [0.1, 0.15) is 39.5 Å². The second-order valence-corrected chi connectivity index (χ2v) is 6.71. The first-order valence-electron chi connectivity index (χ1n) is 6.77. The third-order valence-corrected chi connectivity index (χ3v) is 5.12. The molecular weight excluding hydrogens is 218 g/mol. The molecule has 3 atom stereocenters. The average Bonchev–Trinajstić information content (AvgIpc) is 3.10. The summed E-state index contributed by atoms with van der Waals surface area (Å²) in [5.41, 5.74) is -0.328. The minimum Gasteiger partial charge on any atom is -0.389 e. The van der Waals surface area contributed by atoms with Gasteiger partial charge in [-0.15, -0.1) is 0 Å². The van der Waals surface area contributed by atoms with Crippen molar-refractivity contribution in [1.82, 2.24) is 5.32 Å². The molecule has 0 amide bonds. The van der Waals surface area contributed by atoms with E-state index in [4.69, 9.17) is 9.47 Å². The third kappa shape index (κ3) is 1.33. The standard InChI is InChI=1S/C13H21NO3/c1-11(2)16-8-7-14-10(9(8)17-11)12(3-4-12)13(15)5-6-13/h8-10,14-15H,3-7H2,1-2H3/t8-,9-,10-/m1/s1. The zero-order valence-electron chi connectivity index (χ0n) is 10.5. The fourth-order valence-electron chi connectivity index (χ4n) is 3.99. The van der Waals surface area contributed by atoms with Crippen LogP contribution in [-0.4, -0.2) is 41.3 Å². The van der Waals surface area contributed by atoms with E-state index in [9.17, 15) is 5.11 Å². The number of fused-ring (bicyclic) bond motifs is 1. The third-order valence-electron chi connectivity index (χ3n) is 5.12. The van der Waals surface area contributed by atoms with Crippen LogP contribution >= 0.6 is 0 Å². The van der Waals surface area contributed by atoms with Crippen LogP contribution < -0.4 is 5.32 Å². The summed E-state index contributed by atoms with van der Waals surface area (Å²) in [6.45, 7) is 4.82. The maximum Gasteiger partial charge on any atom is 0.163 e. The van der Waals surface area contributed by atoms with Gasteiger partial charge in [-0.05, 0) is 39.5 Å². The van der Waals surface area contributed by atoms with E-state index in [0.717, 1.165) is 32.2 Å². The smallest absolute Gasteiger partial charge is 0.163 e. The molecule has 0 radical (unpaired) electrons.